The fourth-order valence-electron chi connectivity index (χ4n) is 0.255. The topological polar surface area (TPSA) is 29.5 Å². The number of carbonyl (C=O) groups excluding carboxylic acids is 1. The standard InChI is InChI=1S/C5H10NO2/c1-3-8-5-6(2)4-7/h3,5H2,1-2H3. The van der Waals surface area contributed by atoms with E-state index in [2.05, 4.69) is 0 Å². The second-order valence-electron chi connectivity index (χ2n) is 1.41. The summed E-state index contributed by atoms with van der Waals surface area (Å²) in [5, 5.41) is 0. The lowest BCUT2D eigenvalue weighted by atomic mass is 10.8. The molecule has 1 amide bonds. The monoisotopic (exact) mass is 116 g/mol. The maximum Gasteiger partial charge on any atom is 0.313 e. The van der Waals surface area contributed by atoms with E-state index in [1.54, 1.807) is 13.5 Å². The maximum absolute atomic E-state index is 9.73. The van der Waals surface area contributed by atoms with Crippen molar-refractivity contribution in [2.24, 2.45) is 0 Å². The summed E-state index contributed by atoms with van der Waals surface area (Å²) in [4.78, 5) is 11.0. The quantitative estimate of drug-likeness (QED) is 0.381. The average Bonchev–Trinajstić information content (AvgIpc) is 1.83. The van der Waals surface area contributed by atoms with Gasteiger partial charge in [0.05, 0.1) is 0 Å². The normalized spacial score (nSPS) is 8.75. The van der Waals surface area contributed by atoms with Crippen molar-refractivity contribution in [2.75, 3.05) is 20.4 Å². The smallest absolute Gasteiger partial charge is 0.313 e. The zero-order chi connectivity index (χ0) is 6.41. The molecular weight excluding hydrogens is 106 g/mol. The van der Waals surface area contributed by atoms with E-state index in [0.29, 0.717) is 13.3 Å². The van der Waals surface area contributed by atoms with E-state index in [1.165, 1.54) is 4.90 Å². The van der Waals surface area contributed by atoms with E-state index in [-0.39, 0.29) is 0 Å². The molecule has 0 saturated heterocycles. The summed E-state index contributed by atoms with van der Waals surface area (Å²) >= 11 is 0. The summed E-state index contributed by atoms with van der Waals surface area (Å²) < 4.78 is 4.85. The van der Waals surface area contributed by atoms with Crippen molar-refractivity contribution < 1.29 is 9.53 Å². The summed E-state index contributed by atoms with van der Waals surface area (Å²) in [5.74, 6) is 0. The highest BCUT2D eigenvalue weighted by atomic mass is 16.5. The molecule has 0 aliphatic rings. The molecule has 0 aliphatic carbocycles. The highest BCUT2D eigenvalue weighted by molar-refractivity contribution is 5.46. The van der Waals surface area contributed by atoms with Crippen LogP contribution in [0.4, 0.5) is 0 Å². The zero-order valence-corrected chi connectivity index (χ0v) is 5.18. The third kappa shape index (κ3) is 3.61. The highest BCUT2D eigenvalue weighted by Gasteiger charge is 1.89. The van der Waals surface area contributed by atoms with Crippen LogP contribution in [0.3, 0.4) is 0 Å². The molecule has 0 fully saturated rings. The number of nitrogens with zero attached hydrogens (tertiary/aromatic N) is 1. The van der Waals surface area contributed by atoms with E-state index in [9.17, 15) is 4.79 Å². The molecule has 47 valence electrons. The van der Waals surface area contributed by atoms with Gasteiger partial charge in [-0.15, -0.1) is 0 Å². The van der Waals surface area contributed by atoms with Gasteiger partial charge in [0.2, 0.25) is 0 Å². The Morgan fingerprint density at radius 3 is 2.75 bits per heavy atom. The lowest BCUT2D eigenvalue weighted by molar-refractivity contribution is 0.0840. The van der Waals surface area contributed by atoms with E-state index >= 15 is 0 Å². The maximum atomic E-state index is 9.73. The second kappa shape index (κ2) is 4.59. The Labute approximate surface area is 49.2 Å². The molecule has 8 heavy (non-hydrogen) atoms. The van der Waals surface area contributed by atoms with Crippen molar-refractivity contribution in [1.82, 2.24) is 4.90 Å². The first-order chi connectivity index (χ1) is 3.81. The van der Waals surface area contributed by atoms with Crippen LogP contribution in [0.15, 0.2) is 0 Å². The number of ether oxygens (including phenoxy) is 1. The summed E-state index contributed by atoms with van der Waals surface area (Å²) in [6.45, 7) is 2.84. The number of hydrogen-bond acceptors (Lipinski definition) is 2. The lowest BCUT2D eigenvalue weighted by Crippen LogP contribution is -2.19. The van der Waals surface area contributed by atoms with Gasteiger partial charge in [0.1, 0.15) is 6.73 Å². The Balaban J connectivity index is 2.98. The van der Waals surface area contributed by atoms with Crippen molar-refractivity contribution in [3.63, 3.8) is 0 Å². The molecule has 3 nitrogen and oxygen atoms in total. The first-order valence-electron chi connectivity index (χ1n) is 2.48. The van der Waals surface area contributed by atoms with Crippen LogP contribution in [0.5, 0.6) is 0 Å². The van der Waals surface area contributed by atoms with Crippen molar-refractivity contribution in [3.8, 4) is 0 Å². The molecule has 0 aromatic heterocycles. The van der Waals surface area contributed by atoms with Gasteiger partial charge in [-0.1, -0.05) is 0 Å². The van der Waals surface area contributed by atoms with Gasteiger partial charge in [0, 0.05) is 13.7 Å². The molecular formula is C5H10NO2. The number of hydrogen-bond donors (Lipinski definition) is 0. The van der Waals surface area contributed by atoms with Crippen LogP contribution in [0, 0.1) is 0 Å². The van der Waals surface area contributed by atoms with Gasteiger partial charge in [0.25, 0.3) is 0 Å². The fourth-order valence-corrected chi connectivity index (χ4v) is 0.255. The average molecular weight is 116 g/mol. The molecule has 0 unspecified atom stereocenters. The first-order valence-corrected chi connectivity index (χ1v) is 2.48. The van der Waals surface area contributed by atoms with Crippen LogP contribution < -0.4 is 0 Å². The third-order valence-corrected chi connectivity index (χ3v) is 0.645. The van der Waals surface area contributed by atoms with Gasteiger partial charge >= 0.3 is 6.41 Å². The summed E-state index contributed by atoms with van der Waals surface area (Å²) in [6, 6.07) is 0. The summed E-state index contributed by atoms with van der Waals surface area (Å²) in [7, 11) is 1.61. The minimum absolute atomic E-state index is 0.333. The molecule has 1 radical (unpaired) electrons. The van der Waals surface area contributed by atoms with Crippen molar-refractivity contribution >= 4 is 6.41 Å². The Bertz CT molecular complexity index is 65.4. The van der Waals surface area contributed by atoms with Gasteiger partial charge in [-0.3, -0.25) is 4.79 Å². The molecule has 0 rings (SSSR count). The van der Waals surface area contributed by atoms with Crippen molar-refractivity contribution in [1.29, 1.82) is 0 Å². The Hall–Kier alpha value is -0.570. The molecule has 0 aromatic rings. The van der Waals surface area contributed by atoms with E-state index in [4.69, 9.17) is 4.74 Å². The minimum atomic E-state index is 0.333. The fraction of sp³-hybridized carbons (Fsp3) is 0.800. The Kier molecular flexibility index (Phi) is 4.26. The van der Waals surface area contributed by atoms with E-state index in [1.807, 2.05) is 6.92 Å². The number of rotatable bonds is 4. The molecule has 0 spiro atoms. The van der Waals surface area contributed by atoms with Gasteiger partial charge in [-0.25, -0.2) is 0 Å². The first kappa shape index (κ1) is 7.43. The Morgan fingerprint density at radius 2 is 2.38 bits per heavy atom. The largest absolute Gasteiger partial charge is 0.361 e. The van der Waals surface area contributed by atoms with Gasteiger partial charge in [0.15, 0.2) is 0 Å². The predicted octanol–water partition coefficient (Wildman–Crippen LogP) is -0.0206. The zero-order valence-electron chi connectivity index (χ0n) is 5.18. The van der Waals surface area contributed by atoms with E-state index < -0.39 is 0 Å². The van der Waals surface area contributed by atoms with Crippen LogP contribution in [0.2, 0.25) is 0 Å². The van der Waals surface area contributed by atoms with Crippen LogP contribution in [0.25, 0.3) is 0 Å². The van der Waals surface area contributed by atoms with Crippen LogP contribution in [-0.2, 0) is 9.53 Å². The molecule has 0 saturated carbocycles. The summed E-state index contributed by atoms with van der Waals surface area (Å²) in [6.07, 6.45) is 1.66. The molecule has 0 atom stereocenters. The summed E-state index contributed by atoms with van der Waals surface area (Å²) in [5.41, 5.74) is 0. The van der Waals surface area contributed by atoms with Crippen molar-refractivity contribution in [2.45, 2.75) is 6.92 Å². The van der Waals surface area contributed by atoms with Crippen LogP contribution >= 0.6 is 0 Å². The molecule has 0 aromatic carbocycles. The number of amides is 1. The molecule has 0 bridgehead atoms. The van der Waals surface area contributed by atoms with Crippen LogP contribution in [0.1, 0.15) is 6.92 Å². The van der Waals surface area contributed by atoms with E-state index in [0.717, 1.165) is 0 Å². The van der Waals surface area contributed by atoms with Gasteiger partial charge in [-0.2, -0.15) is 0 Å². The predicted molar refractivity (Wildman–Crippen MR) is 29.9 cm³/mol. The molecule has 0 aliphatic heterocycles. The second-order valence-corrected chi connectivity index (χ2v) is 1.41. The third-order valence-electron chi connectivity index (χ3n) is 0.645. The van der Waals surface area contributed by atoms with Gasteiger partial charge in [-0.05, 0) is 6.92 Å². The Morgan fingerprint density at radius 1 is 1.75 bits per heavy atom. The minimum Gasteiger partial charge on any atom is -0.361 e. The van der Waals surface area contributed by atoms with Crippen LogP contribution in [-0.4, -0.2) is 31.7 Å². The van der Waals surface area contributed by atoms with Gasteiger partial charge < -0.3 is 9.64 Å². The SMILES string of the molecule is CCOCN(C)[C]=O. The molecule has 0 N–H and O–H groups in total. The molecule has 0 heterocycles. The lowest BCUT2D eigenvalue weighted by Gasteiger charge is -2.06. The van der Waals surface area contributed by atoms with Crippen molar-refractivity contribution in [3.05, 3.63) is 0 Å². The molecule has 3 heteroatoms. The highest BCUT2D eigenvalue weighted by Crippen LogP contribution is 1.75.